The molecule has 4 rings (SSSR count). The average molecular weight is 455 g/mol. The lowest BCUT2D eigenvalue weighted by atomic mass is 10.3. The number of hydrogen-bond acceptors (Lipinski definition) is 6. The fraction of sp³-hybridized carbons (Fsp3) is 0. The maximum absolute atomic E-state index is 12.7. The van der Waals surface area contributed by atoms with Gasteiger partial charge in [0.2, 0.25) is 15.7 Å². The van der Waals surface area contributed by atoms with Crippen molar-refractivity contribution in [3.63, 3.8) is 0 Å². The van der Waals surface area contributed by atoms with Crippen LogP contribution in [0.1, 0.15) is 0 Å². The molecule has 0 aliphatic carbocycles. The molecule has 0 saturated heterocycles. The highest BCUT2D eigenvalue weighted by Gasteiger charge is 2.18. The lowest BCUT2D eigenvalue weighted by Crippen LogP contribution is -2.21. The Labute approximate surface area is 182 Å². The third-order valence-corrected chi connectivity index (χ3v) is 6.41. The van der Waals surface area contributed by atoms with Crippen LogP contribution in [-0.2, 0) is 9.84 Å². The molecule has 0 aliphatic heterocycles. The van der Waals surface area contributed by atoms with Gasteiger partial charge in [0.05, 0.1) is 15.5 Å². The molecule has 1 N–H and O–H groups in total. The minimum atomic E-state index is -3.75. The number of hydrogen-bond donors (Lipinski definition) is 1. The quantitative estimate of drug-likeness (QED) is 0.485. The molecule has 1 aromatic heterocycles. The summed E-state index contributed by atoms with van der Waals surface area (Å²) < 4.78 is 32.2. The maximum atomic E-state index is 12.7. The number of nitrogens with zero attached hydrogens (tertiary/aromatic N) is 2. The van der Waals surface area contributed by atoms with E-state index in [1.54, 1.807) is 24.3 Å². The summed E-state index contributed by atoms with van der Waals surface area (Å²) in [5.74, 6) is 0.361. The topological polar surface area (TPSA) is 98.5 Å². The van der Waals surface area contributed by atoms with Gasteiger partial charge in [0.1, 0.15) is 16.5 Å². The van der Waals surface area contributed by atoms with Gasteiger partial charge in [0.25, 0.3) is 5.56 Å². The Morgan fingerprint density at radius 3 is 2.06 bits per heavy atom. The van der Waals surface area contributed by atoms with Crippen LogP contribution in [0.3, 0.4) is 0 Å². The van der Waals surface area contributed by atoms with E-state index in [1.807, 2.05) is 6.07 Å². The van der Waals surface area contributed by atoms with Gasteiger partial charge in [-0.1, -0.05) is 29.8 Å². The van der Waals surface area contributed by atoms with Crippen molar-refractivity contribution in [3.8, 4) is 23.1 Å². The Bertz CT molecular complexity index is 1390. The van der Waals surface area contributed by atoms with Crippen LogP contribution in [0.25, 0.3) is 5.69 Å². The molecule has 0 amide bonds. The maximum Gasteiger partial charge on any atom is 0.290 e. The number of rotatable bonds is 5. The van der Waals surface area contributed by atoms with Crippen LogP contribution in [0.5, 0.6) is 17.4 Å². The second-order valence-corrected chi connectivity index (χ2v) is 8.81. The van der Waals surface area contributed by atoms with E-state index in [0.717, 1.165) is 4.68 Å². The number of halogens is 1. The standard InChI is InChI=1S/C22H15ClN2O5S/c23-20-14-21(24-25(22(20)27)15-4-2-1-3-5-15)30-17-8-12-19(13-9-17)31(28,29)18-10-6-16(26)7-11-18/h1-14,26H. The van der Waals surface area contributed by atoms with Gasteiger partial charge >= 0.3 is 0 Å². The van der Waals surface area contributed by atoms with Gasteiger partial charge in [-0.3, -0.25) is 4.79 Å². The third-order valence-electron chi connectivity index (χ3n) is 4.35. The van der Waals surface area contributed by atoms with Crippen molar-refractivity contribution < 1.29 is 18.3 Å². The number of ether oxygens (including phenoxy) is 1. The largest absolute Gasteiger partial charge is 0.508 e. The molecule has 0 bridgehead atoms. The Morgan fingerprint density at radius 2 is 1.45 bits per heavy atom. The highest BCUT2D eigenvalue weighted by Crippen LogP contribution is 2.26. The van der Waals surface area contributed by atoms with Crippen molar-refractivity contribution in [2.45, 2.75) is 9.79 Å². The number of aromatic hydroxyl groups is 1. The first-order chi connectivity index (χ1) is 14.8. The highest BCUT2D eigenvalue weighted by atomic mass is 35.5. The van der Waals surface area contributed by atoms with Crippen LogP contribution in [0.4, 0.5) is 0 Å². The minimum Gasteiger partial charge on any atom is -0.508 e. The van der Waals surface area contributed by atoms with Gasteiger partial charge in [-0.2, -0.15) is 4.68 Å². The van der Waals surface area contributed by atoms with Crippen LogP contribution in [0, 0.1) is 0 Å². The molecule has 31 heavy (non-hydrogen) atoms. The second kappa shape index (κ2) is 8.25. The van der Waals surface area contributed by atoms with Gasteiger partial charge in [-0.25, -0.2) is 8.42 Å². The molecule has 0 unspecified atom stereocenters. The number of benzene rings is 3. The predicted molar refractivity (Wildman–Crippen MR) is 115 cm³/mol. The van der Waals surface area contributed by atoms with E-state index in [4.69, 9.17) is 16.3 Å². The van der Waals surface area contributed by atoms with E-state index in [1.165, 1.54) is 54.6 Å². The summed E-state index contributed by atoms with van der Waals surface area (Å²) in [5, 5.41) is 13.5. The van der Waals surface area contributed by atoms with Crippen molar-refractivity contribution in [1.82, 2.24) is 9.78 Å². The molecule has 1 heterocycles. The van der Waals surface area contributed by atoms with Crippen LogP contribution >= 0.6 is 11.6 Å². The number of phenols is 1. The van der Waals surface area contributed by atoms with Crippen LogP contribution in [0.2, 0.25) is 5.02 Å². The lowest BCUT2D eigenvalue weighted by Gasteiger charge is -2.10. The number of aromatic nitrogens is 2. The van der Waals surface area contributed by atoms with Crippen molar-refractivity contribution in [3.05, 3.63) is 100 Å². The van der Waals surface area contributed by atoms with E-state index >= 15 is 0 Å². The van der Waals surface area contributed by atoms with Crippen molar-refractivity contribution in [1.29, 1.82) is 0 Å². The van der Waals surface area contributed by atoms with Gasteiger partial charge in [0.15, 0.2) is 0 Å². The van der Waals surface area contributed by atoms with Crippen molar-refractivity contribution >= 4 is 21.4 Å². The molecule has 3 aromatic carbocycles. The third kappa shape index (κ3) is 4.30. The molecule has 7 nitrogen and oxygen atoms in total. The lowest BCUT2D eigenvalue weighted by molar-refractivity contribution is 0.446. The van der Waals surface area contributed by atoms with Gasteiger partial charge in [-0.15, -0.1) is 5.10 Å². The van der Waals surface area contributed by atoms with E-state index in [0.29, 0.717) is 11.4 Å². The first-order valence-electron chi connectivity index (χ1n) is 9.02. The Hall–Kier alpha value is -3.62. The van der Waals surface area contributed by atoms with E-state index < -0.39 is 15.4 Å². The summed E-state index contributed by atoms with van der Waals surface area (Å²) in [6.45, 7) is 0. The van der Waals surface area contributed by atoms with Gasteiger partial charge in [0, 0.05) is 6.07 Å². The molecule has 0 spiro atoms. The second-order valence-electron chi connectivity index (χ2n) is 6.45. The Kier molecular flexibility index (Phi) is 5.50. The first-order valence-corrected chi connectivity index (χ1v) is 10.9. The van der Waals surface area contributed by atoms with Crippen LogP contribution < -0.4 is 10.3 Å². The van der Waals surface area contributed by atoms with Gasteiger partial charge in [-0.05, 0) is 60.7 Å². The smallest absolute Gasteiger partial charge is 0.290 e. The van der Waals surface area contributed by atoms with Crippen molar-refractivity contribution in [2.75, 3.05) is 0 Å². The molecular weight excluding hydrogens is 440 g/mol. The molecule has 0 aliphatic rings. The number of para-hydroxylation sites is 1. The van der Waals surface area contributed by atoms with E-state index in [9.17, 15) is 18.3 Å². The Morgan fingerprint density at radius 1 is 0.871 bits per heavy atom. The minimum absolute atomic E-state index is 0.0225. The zero-order valence-electron chi connectivity index (χ0n) is 15.8. The van der Waals surface area contributed by atoms with E-state index in [-0.39, 0.29) is 26.4 Å². The molecule has 0 saturated carbocycles. The molecule has 9 heteroatoms. The highest BCUT2D eigenvalue weighted by molar-refractivity contribution is 7.91. The number of sulfone groups is 1. The predicted octanol–water partition coefficient (Wildman–Crippen LogP) is 4.22. The molecule has 4 aromatic rings. The summed E-state index contributed by atoms with van der Waals surface area (Å²) in [4.78, 5) is 12.4. The Balaban J connectivity index is 1.62. The first kappa shape index (κ1) is 20.6. The fourth-order valence-corrected chi connectivity index (χ4v) is 4.24. The average Bonchev–Trinajstić information content (AvgIpc) is 2.77. The summed E-state index contributed by atoms with van der Waals surface area (Å²) in [7, 11) is -3.75. The summed E-state index contributed by atoms with van der Waals surface area (Å²) in [6.07, 6.45) is 0. The summed E-state index contributed by atoms with van der Waals surface area (Å²) in [5.41, 5.74) is 0.0331. The molecule has 156 valence electrons. The molecule has 0 atom stereocenters. The monoisotopic (exact) mass is 454 g/mol. The summed E-state index contributed by atoms with van der Waals surface area (Å²) in [6, 6.07) is 21.0. The van der Waals surface area contributed by atoms with Crippen LogP contribution in [0.15, 0.2) is 99.5 Å². The van der Waals surface area contributed by atoms with Gasteiger partial charge < -0.3 is 9.84 Å². The number of phenolic OH excluding ortho intramolecular Hbond substituents is 1. The molecule has 0 fully saturated rings. The fourth-order valence-electron chi connectivity index (χ4n) is 2.81. The molecule has 0 radical (unpaired) electrons. The summed E-state index contributed by atoms with van der Waals surface area (Å²) >= 11 is 6.05. The zero-order valence-corrected chi connectivity index (χ0v) is 17.4. The van der Waals surface area contributed by atoms with Crippen molar-refractivity contribution in [2.24, 2.45) is 0 Å². The normalized spacial score (nSPS) is 11.3. The van der Waals surface area contributed by atoms with E-state index in [2.05, 4.69) is 5.10 Å². The molecular formula is C22H15ClN2O5S. The SMILES string of the molecule is O=c1c(Cl)cc(Oc2ccc(S(=O)(=O)c3ccc(O)cc3)cc2)nn1-c1ccccc1. The van der Waals surface area contributed by atoms with Crippen LogP contribution in [-0.4, -0.2) is 23.3 Å². The zero-order chi connectivity index (χ0) is 22.0.